The molecule has 0 unspecified atom stereocenters. The van der Waals surface area contributed by atoms with Crippen LogP contribution in [0.3, 0.4) is 0 Å². The second-order valence-electron chi connectivity index (χ2n) is 4.40. The van der Waals surface area contributed by atoms with E-state index in [0.717, 1.165) is 16.1 Å². The number of hydrogen-bond donors (Lipinski definition) is 1. The lowest BCUT2D eigenvalue weighted by molar-refractivity contribution is 0.0954. The molecule has 3 rings (SSSR count). The highest BCUT2D eigenvalue weighted by Crippen LogP contribution is 2.27. The first kappa shape index (κ1) is 13.5. The minimum absolute atomic E-state index is 0.0778. The molecule has 0 fully saturated rings. The largest absolute Gasteiger partial charge is 0.346 e. The van der Waals surface area contributed by atoms with Crippen LogP contribution in [0.2, 0.25) is 0 Å². The lowest BCUT2D eigenvalue weighted by atomic mass is 10.2. The number of pyridine rings is 2. The van der Waals surface area contributed by atoms with Crippen LogP contribution >= 0.6 is 11.3 Å². The smallest absolute Gasteiger partial charge is 0.261 e. The van der Waals surface area contributed by atoms with Crippen LogP contribution in [-0.2, 0) is 6.54 Å². The van der Waals surface area contributed by atoms with E-state index in [2.05, 4.69) is 15.3 Å². The first-order chi connectivity index (χ1) is 10.3. The molecule has 104 valence electrons. The summed E-state index contributed by atoms with van der Waals surface area (Å²) in [6.07, 6.45) is 5.21. The summed E-state index contributed by atoms with van der Waals surface area (Å²) in [5.41, 5.74) is 1.91. The van der Waals surface area contributed by atoms with Crippen LogP contribution in [0.4, 0.5) is 0 Å². The van der Waals surface area contributed by atoms with Gasteiger partial charge in [-0.1, -0.05) is 6.07 Å². The van der Waals surface area contributed by atoms with Crippen molar-refractivity contribution in [1.82, 2.24) is 15.3 Å². The van der Waals surface area contributed by atoms with E-state index >= 15 is 0 Å². The summed E-state index contributed by atoms with van der Waals surface area (Å²) in [4.78, 5) is 22.0. The average Bonchev–Trinajstić information content (AvgIpc) is 3.04. The van der Waals surface area contributed by atoms with E-state index in [4.69, 9.17) is 0 Å². The van der Waals surface area contributed by atoms with Crippen molar-refractivity contribution >= 4 is 17.2 Å². The van der Waals surface area contributed by atoms with E-state index in [-0.39, 0.29) is 5.91 Å². The van der Waals surface area contributed by atoms with Gasteiger partial charge in [-0.15, -0.1) is 11.3 Å². The predicted molar refractivity (Wildman–Crippen MR) is 83.0 cm³/mol. The van der Waals surface area contributed by atoms with Crippen molar-refractivity contribution in [1.29, 1.82) is 0 Å². The summed E-state index contributed by atoms with van der Waals surface area (Å²) in [7, 11) is 0. The van der Waals surface area contributed by atoms with Gasteiger partial charge in [0.25, 0.3) is 5.91 Å². The van der Waals surface area contributed by atoms with Crippen molar-refractivity contribution < 1.29 is 4.79 Å². The molecule has 0 bridgehead atoms. The van der Waals surface area contributed by atoms with Crippen molar-refractivity contribution in [2.45, 2.75) is 6.54 Å². The monoisotopic (exact) mass is 295 g/mol. The molecule has 1 N–H and O–H groups in total. The number of carbonyl (C=O) groups is 1. The summed E-state index contributed by atoms with van der Waals surface area (Å²) < 4.78 is 0. The molecule has 1 amide bonds. The van der Waals surface area contributed by atoms with Crippen LogP contribution in [0.5, 0.6) is 0 Å². The molecule has 3 aromatic heterocycles. The Kier molecular flexibility index (Phi) is 4.02. The molecule has 21 heavy (non-hydrogen) atoms. The molecule has 3 aromatic rings. The molecule has 0 aliphatic carbocycles. The Morgan fingerprint density at radius 1 is 1.05 bits per heavy atom. The maximum absolute atomic E-state index is 12.1. The van der Waals surface area contributed by atoms with Crippen molar-refractivity contribution in [3.8, 4) is 10.4 Å². The van der Waals surface area contributed by atoms with Crippen molar-refractivity contribution in [2.24, 2.45) is 0 Å². The van der Waals surface area contributed by atoms with E-state index in [0.29, 0.717) is 11.4 Å². The number of nitrogens with one attached hydrogen (secondary N) is 1. The summed E-state index contributed by atoms with van der Waals surface area (Å²) in [5, 5.41) is 2.88. The Morgan fingerprint density at radius 3 is 2.67 bits per heavy atom. The summed E-state index contributed by atoms with van der Waals surface area (Å²) in [6, 6.07) is 13.3. The molecular weight excluding hydrogens is 282 g/mol. The van der Waals surface area contributed by atoms with Crippen LogP contribution < -0.4 is 5.32 Å². The molecule has 0 saturated heterocycles. The standard InChI is InChI=1S/C16H13N3OS/c20-16(19-11-13-3-1-2-8-18-13)15-5-4-14(21-15)12-6-9-17-10-7-12/h1-10H,11H2,(H,19,20). The van der Waals surface area contributed by atoms with Crippen LogP contribution in [0.1, 0.15) is 15.4 Å². The van der Waals surface area contributed by atoms with Crippen LogP contribution in [0.25, 0.3) is 10.4 Å². The first-order valence-electron chi connectivity index (χ1n) is 6.51. The van der Waals surface area contributed by atoms with E-state index in [9.17, 15) is 4.79 Å². The number of aromatic nitrogens is 2. The molecule has 0 atom stereocenters. The maximum atomic E-state index is 12.1. The van der Waals surface area contributed by atoms with Gasteiger partial charge in [0.1, 0.15) is 0 Å². The van der Waals surface area contributed by atoms with Crippen LogP contribution in [0.15, 0.2) is 61.1 Å². The molecule has 0 aliphatic rings. The number of nitrogens with zero attached hydrogens (tertiary/aromatic N) is 2. The second-order valence-corrected chi connectivity index (χ2v) is 5.49. The summed E-state index contributed by atoms with van der Waals surface area (Å²) in [5.74, 6) is -0.0778. The second kappa shape index (κ2) is 6.28. The highest BCUT2D eigenvalue weighted by Gasteiger charge is 2.10. The van der Waals surface area contributed by atoms with E-state index in [1.807, 2.05) is 42.5 Å². The van der Waals surface area contributed by atoms with Gasteiger partial charge >= 0.3 is 0 Å². The SMILES string of the molecule is O=C(NCc1ccccn1)c1ccc(-c2ccncc2)s1. The van der Waals surface area contributed by atoms with Crippen molar-refractivity contribution in [3.63, 3.8) is 0 Å². The van der Waals surface area contributed by atoms with Crippen molar-refractivity contribution in [3.05, 3.63) is 71.6 Å². The van der Waals surface area contributed by atoms with Gasteiger partial charge in [-0.3, -0.25) is 14.8 Å². The van der Waals surface area contributed by atoms with Gasteiger partial charge in [0.15, 0.2) is 0 Å². The molecule has 4 nitrogen and oxygen atoms in total. The number of hydrogen-bond acceptors (Lipinski definition) is 4. The fraction of sp³-hybridized carbons (Fsp3) is 0.0625. The minimum Gasteiger partial charge on any atom is -0.346 e. The molecule has 5 heteroatoms. The van der Waals surface area contributed by atoms with Gasteiger partial charge in [-0.05, 0) is 42.0 Å². The Morgan fingerprint density at radius 2 is 1.90 bits per heavy atom. The summed E-state index contributed by atoms with van der Waals surface area (Å²) >= 11 is 1.47. The Bertz CT molecular complexity index is 726. The number of carbonyl (C=O) groups excluding carboxylic acids is 1. The van der Waals surface area contributed by atoms with E-state index in [1.165, 1.54) is 11.3 Å². The van der Waals surface area contributed by atoms with E-state index < -0.39 is 0 Å². The molecule has 0 radical (unpaired) electrons. The number of thiophene rings is 1. The molecule has 0 aromatic carbocycles. The Labute approximate surface area is 126 Å². The van der Waals surface area contributed by atoms with Crippen LogP contribution in [-0.4, -0.2) is 15.9 Å². The zero-order valence-electron chi connectivity index (χ0n) is 11.2. The zero-order chi connectivity index (χ0) is 14.5. The highest BCUT2D eigenvalue weighted by atomic mass is 32.1. The van der Waals surface area contributed by atoms with Gasteiger partial charge in [0.2, 0.25) is 0 Å². The summed E-state index contributed by atoms with van der Waals surface area (Å²) in [6.45, 7) is 0.433. The van der Waals surface area contributed by atoms with Gasteiger partial charge in [-0.25, -0.2) is 0 Å². The average molecular weight is 295 g/mol. The van der Waals surface area contributed by atoms with E-state index in [1.54, 1.807) is 18.6 Å². The third kappa shape index (κ3) is 3.32. The third-order valence-electron chi connectivity index (χ3n) is 2.95. The fourth-order valence-corrected chi connectivity index (χ4v) is 2.82. The Balaban J connectivity index is 1.67. The van der Waals surface area contributed by atoms with Gasteiger partial charge in [-0.2, -0.15) is 0 Å². The third-order valence-corrected chi connectivity index (χ3v) is 4.08. The normalized spacial score (nSPS) is 10.3. The fourth-order valence-electron chi connectivity index (χ4n) is 1.89. The minimum atomic E-state index is -0.0778. The van der Waals surface area contributed by atoms with Gasteiger partial charge in [0.05, 0.1) is 17.1 Å². The first-order valence-corrected chi connectivity index (χ1v) is 7.33. The molecular formula is C16H13N3OS. The quantitative estimate of drug-likeness (QED) is 0.804. The molecule has 0 saturated carbocycles. The lowest BCUT2D eigenvalue weighted by Gasteiger charge is -2.02. The number of rotatable bonds is 4. The van der Waals surface area contributed by atoms with Gasteiger partial charge < -0.3 is 5.32 Å². The topological polar surface area (TPSA) is 54.9 Å². The lowest BCUT2D eigenvalue weighted by Crippen LogP contribution is -2.22. The van der Waals surface area contributed by atoms with Gasteiger partial charge in [0, 0.05) is 23.5 Å². The van der Waals surface area contributed by atoms with Crippen molar-refractivity contribution in [2.75, 3.05) is 0 Å². The molecule has 0 aliphatic heterocycles. The predicted octanol–water partition coefficient (Wildman–Crippen LogP) is 3.14. The Hall–Kier alpha value is -2.53. The molecule has 0 spiro atoms. The highest BCUT2D eigenvalue weighted by molar-refractivity contribution is 7.17. The number of amides is 1. The van der Waals surface area contributed by atoms with Crippen LogP contribution in [0, 0.1) is 0 Å². The maximum Gasteiger partial charge on any atom is 0.261 e. The molecule has 3 heterocycles. The zero-order valence-corrected chi connectivity index (χ0v) is 12.0.